The number of benzene rings is 1. The maximum absolute atomic E-state index is 12.5. The summed E-state index contributed by atoms with van der Waals surface area (Å²) in [5.74, 6) is 0.715. The van der Waals surface area contributed by atoms with Crippen molar-refractivity contribution in [3.05, 3.63) is 30.0 Å². The number of fused-ring (bicyclic) bond motifs is 1. The molecule has 0 bridgehead atoms. The zero-order valence-corrected chi connectivity index (χ0v) is 15.7. The summed E-state index contributed by atoms with van der Waals surface area (Å²) in [6.45, 7) is 3.76. The van der Waals surface area contributed by atoms with E-state index in [0.29, 0.717) is 24.9 Å². The van der Waals surface area contributed by atoms with Gasteiger partial charge in [-0.25, -0.2) is 0 Å². The van der Waals surface area contributed by atoms with E-state index in [-0.39, 0.29) is 5.91 Å². The van der Waals surface area contributed by atoms with E-state index in [2.05, 4.69) is 54.5 Å². The van der Waals surface area contributed by atoms with Gasteiger partial charge in [0.2, 0.25) is 5.91 Å². The molecule has 136 valence electrons. The summed E-state index contributed by atoms with van der Waals surface area (Å²) in [5, 5.41) is 8.86. The van der Waals surface area contributed by atoms with Crippen LogP contribution in [0.4, 0.5) is 0 Å². The van der Waals surface area contributed by atoms with E-state index in [4.69, 9.17) is 0 Å². The van der Waals surface area contributed by atoms with Gasteiger partial charge in [0, 0.05) is 24.4 Å². The van der Waals surface area contributed by atoms with Crippen LogP contribution in [0.15, 0.2) is 24.4 Å². The van der Waals surface area contributed by atoms with Crippen molar-refractivity contribution >= 4 is 16.8 Å². The van der Waals surface area contributed by atoms with E-state index in [1.54, 1.807) is 0 Å². The second-order valence-corrected chi connectivity index (χ2v) is 7.66. The van der Waals surface area contributed by atoms with Crippen LogP contribution in [0.1, 0.15) is 37.7 Å². The minimum Gasteiger partial charge on any atom is -0.353 e. The maximum Gasteiger partial charge on any atom is 0.222 e. The Morgan fingerprint density at radius 3 is 2.92 bits per heavy atom. The first-order valence-corrected chi connectivity index (χ1v) is 9.39. The molecule has 0 radical (unpaired) electrons. The van der Waals surface area contributed by atoms with Gasteiger partial charge in [0.15, 0.2) is 0 Å². The highest BCUT2D eigenvalue weighted by Crippen LogP contribution is 2.25. The van der Waals surface area contributed by atoms with Crippen LogP contribution in [0.3, 0.4) is 0 Å². The number of carbonyl (C=O) groups excluding carboxylic acids is 1. The number of hydrogen-bond donors (Lipinski definition) is 1. The van der Waals surface area contributed by atoms with E-state index >= 15 is 0 Å². The molecule has 3 rings (SSSR count). The minimum absolute atomic E-state index is 0.145. The van der Waals surface area contributed by atoms with Crippen LogP contribution in [-0.2, 0) is 11.3 Å². The number of nitrogens with one attached hydrogen (secondary N) is 1. The van der Waals surface area contributed by atoms with Gasteiger partial charge in [-0.3, -0.25) is 9.48 Å². The van der Waals surface area contributed by atoms with Crippen LogP contribution in [0, 0.1) is 12.8 Å². The van der Waals surface area contributed by atoms with Gasteiger partial charge in [-0.2, -0.15) is 5.10 Å². The third-order valence-corrected chi connectivity index (χ3v) is 5.20. The van der Waals surface area contributed by atoms with Crippen LogP contribution in [-0.4, -0.2) is 47.3 Å². The van der Waals surface area contributed by atoms with Crippen LogP contribution in [0.25, 0.3) is 10.9 Å². The number of carbonyl (C=O) groups is 1. The van der Waals surface area contributed by atoms with E-state index in [1.165, 1.54) is 24.8 Å². The molecule has 1 aromatic heterocycles. The molecule has 5 heteroatoms. The lowest BCUT2D eigenvalue weighted by Crippen LogP contribution is -2.45. The van der Waals surface area contributed by atoms with Crippen molar-refractivity contribution < 1.29 is 4.79 Å². The van der Waals surface area contributed by atoms with Crippen LogP contribution in [0.5, 0.6) is 0 Å². The van der Waals surface area contributed by atoms with Crippen molar-refractivity contribution in [1.82, 2.24) is 20.0 Å². The van der Waals surface area contributed by atoms with Crippen LogP contribution in [0.2, 0.25) is 0 Å². The zero-order valence-electron chi connectivity index (χ0n) is 15.7. The highest BCUT2D eigenvalue weighted by Gasteiger charge is 2.26. The van der Waals surface area contributed by atoms with Crippen LogP contribution >= 0.6 is 0 Å². The Kier molecular flexibility index (Phi) is 5.74. The maximum atomic E-state index is 12.5. The first-order chi connectivity index (χ1) is 12.0. The fourth-order valence-corrected chi connectivity index (χ4v) is 3.96. The molecule has 25 heavy (non-hydrogen) atoms. The molecule has 1 aliphatic carbocycles. The minimum atomic E-state index is 0.145. The Balaban J connectivity index is 1.56. The van der Waals surface area contributed by atoms with Crippen molar-refractivity contribution in [2.24, 2.45) is 5.92 Å². The predicted molar refractivity (Wildman–Crippen MR) is 102 cm³/mol. The molecular formula is C20H30N4O. The van der Waals surface area contributed by atoms with E-state index in [1.807, 2.05) is 10.9 Å². The predicted octanol–water partition coefficient (Wildman–Crippen LogP) is 2.97. The van der Waals surface area contributed by atoms with Gasteiger partial charge in [-0.15, -0.1) is 0 Å². The second-order valence-electron chi connectivity index (χ2n) is 7.66. The van der Waals surface area contributed by atoms with Crippen LogP contribution < -0.4 is 5.32 Å². The lowest BCUT2D eigenvalue weighted by Gasteiger charge is -2.34. The molecule has 1 aliphatic rings. The molecule has 1 amide bonds. The Morgan fingerprint density at radius 1 is 1.32 bits per heavy atom. The summed E-state index contributed by atoms with van der Waals surface area (Å²) in [6.07, 6.45) is 7.19. The lowest BCUT2D eigenvalue weighted by molar-refractivity contribution is -0.122. The first kappa shape index (κ1) is 17.9. The van der Waals surface area contributed by atoms with Gasteiger partial charge in [0.25, 0.3) is 0 Å². The number of nitrogens with zero attached hydrogens (tertiary/aromatic N) is 3. The molecule has 0 spiro atoms. The van der Waals surface area contributed by atoms with Gasteiger partial charge < -0.3 is 10.2 Å². The number of hydrogen-bond acceptors (Lipinski definition) is 3. The molecule has 2 atom stereocenters. The van der Waals surface area contributed by atoms with Crippen molar-refractivity contribution in [3.8, 4) is 0 Å². The highest BCUT2D eigenvalue weighted by atomic mass is 16.1. The van der Waals surface area contributed by atoms with Gasteiger partial charge in [-0.1, -0.05) is 24.5 Å². The summed E-state index contributed by atoms with van der Waals surface area (Å²) in [5.41, 5.74) is 2.33. The zero-order chi connectivity index (χ0) is 17.8. The molecule has 1 fully saturated rings. The normalized spacial score (nSPS) is 21.0. The number of rotatable bonds is 6. The Morgan fingerprint density at radius 2 is 2.12 bits per heavy atom. The molecule has 0 saturated heterocycles. The Bertz CT molecular complexity index is 722. The third-order valence-electron chi connectivity index (χ3n) is 5.20. The van der Waals surface area contributed by atoms with E-state index < -0.39 is 0 Å². The highest BCUT2D eigenvalue weighted by molar-refractivity contribution is 5.80. The van der Waals surface area contributed by atoms with Crippen molar-refractivity contribution in [1.29, 1.82) is 0 Å². The van der Waals surface area contributed by atoms with Crippen molar-refractivity contribution in [3.63, 3.8) is 0 Å². The summed E-state index contributed by atoms with van der Waals surface area (Å²) in [4.78, 5) is 14.7. The number of aryl methyl sites for hydroxylation is 2. The van der Waals surface area contributed by atoms with Crippen molar-refractivity contribution in [2.45, 2.75) is 51.6 Å². The largest absolute Gasteiger partial charge is 0.353 e. The first-order valence-electron chi connectivity index (χ1n) is 9.39. The average Bonchev–Trinajstić information content (AvgIpc) is 2.96. The fourth-order valence-electron chi connectivity index (χ4n) is 3.96. The SMILES string of the molecule is Cc1ccc2c(cnn2CCC(=O)NC2CCCCC2CN(C)C)c1. The molecule has 1 heterocycles. The molecule has 5 nitrogen and oxygen atoms in total. The number of aromatic nitrogens is 2. The third kappa shape index (κ3) is 4.60. The molecule has 1 aromatic carbocycles. The molecule has 1 N–H and O–H groups in total. The van der Waals surface area contributed by atoms with Gasteiger partial charge in [0.1, 0.15) is 0 Å². The average molecular weight is 342 g/mol. The molecule has 0 aliphatic heterocycles. The Hall–Kier alpha value is -1.88. The summed E-state index contributed by atoms with van der Waals surface area (Å²) in [7, 11) is 4.22. The summed E-state index contributed by atoms with van der Waals surface area (Å²) < 4.78 is 1.94. The summed E-state index contributed by atoms with van der Waals surface area (Å²) in [6, 6.07) is 6.63. The van der Waals surface area contributed by atoms with Gasteiger partial charge in [0.05, 0.1) is 18.3 Å². The Labute approximate surface area is 150 Å². The van der Waals surface area contributed by atoms with Crippen molar-refractivity contribution in [2.75, 3.05) is 20.6 Å². The molecule has 1 saturated carbocycles. The standard InChI is InChI=1S/C20H30N4O/c1-15-8-9-19-17(12-15)13-21-24(19)11-10-20(25)22-18-7-5-4-6-16(18)14-23(2)3/h8-9,12-13,16,18H,4-7,10-11,14H2,1-3H3,(H,22,25). The number of amides is 1. The second kappa shape index (κ2) is 8.00. The van der Waals surface area contributed by atoms with Gasteiger partial charge in [-0.05, 0) is 51.9 Å². The molecule has 2 unspecified atom stereocenters. The molecular weight excluding hydrogens is 312 g/mol. The lowest BCUT2D eigenvalue weighted by atomic mass is 9.84. The smallest absolute Gasteiger partial charge is 0.222 e. The van der Waals surface area contributed by atoms with Gasteiger partial charge >= 0.3 is 0 Å². The summed E-state index contributed by atoms with van der Waals surface area (Å²) >= 11 is 0. The quantitative estimate of drug-likeness (QED) is 0.878. The van der Waals surface area contributed by atoms with E-state index in [0.717, 1.165) is 23.9 Å². The molecule has 2 aromatic rings. The topological polar surface area (TPSA) is 50.2 Å². The fraction of sp³-hybridized carbons (Fsp3) is 0.600. The monoisotopic (exact) mass is 342 g/mol. The van der Waals surface area contributed by atoms with E-state index in [9.17, 15) is 4.79 Å².